The molecule has 0 heterocycles. The first-order valence-corrected chi connectivity index (χ1v) is 12.0. The fourth-order valence-electron chi connectivity index (χ4n) is 3.59. The second-order valence-electron chi connectivity index (χ2n) is 8.15. The number of benzene rings is 3. The largest absolute Gasteiger partial charge is 0.494 e. The zero-order valence-corrected chi connectivity index (χ0v) is 20.9. The number of aldehydes is 1. The molecule has 35 heavy (non-hydrogen) atoms. The summed E-state index contributed by atoms with van der Waals surface area (Å²) in [5.74, 6) is 0.367. The van der Waals surface area contributed by atoms with Crippen LogP contribution in [-0.2, 0) is 6.54 Å². The highest BCUT2D eigenvalue weighted by Gasteiger charge is 2.15. The van der Waals surface area contributed by atoms with Crippen LogP contribution < -0.4 is 14.8 Å². The van der Waals surface area contributed by atoms with Crippen LogP contribution in [0.2, 0.25) is 5.02 Å². The number of rotatable bonds is 11. The maximum atomic E-state index is 14.0. The number of nitrogens with one attached hydrogen (secondary N) is 1. The molecule has 0 fully saturated rings. The Bertz CT molecular complexity index is 1210. The van der Waals surface area contributed by atoms with Crippen molar-refractivity contribution < 1.29 is 23.5 Å². The molecule has 0 saturated carbocycles. The van der Waals surface area contributed by atoms with E-state index in [9.17, 15) is 14.0 Å². The van der Waals surface area contributed by atoms with Gasteiger partial charge in [-0.25, -0.2) is 4.39 Å². The van der Waals surface area contributed by atoms with Crippen LogP contribution in [0.25, 0.3) is 11.1 Å². The Labute approximate surface area is 210 Å². The monoisotopic (exact) mass is 497 g/mol. The normalized spacial score (nSPS) is 10.7. The quantitative estimate of drug-likeness (QED) is 0.297. The van der Waals surface area contributed by atoms with Gasteiger partial charge >= 0.3 is 0 Å². The van der Waals surface area contributed by atoms with Crippen LogP contribution in [0.3, 0.4) is 0 Å². The maximum absolute atomic E-state index is 14.0. The standard InChI is InChI=1S/C28H29ClFNO4/c1-4-10-34-22-7-8-23(25(29)15-22)28(33)31-16-20-13-19(6-9-27(20)35-11-5-2)24-14-21(17-32)26(30)12-18(24)3/h6-9,12-15,17H,4-5,10-11,16H2,1-3H3,(H,31,33). The average Bonchev–Trinajstić information content (AvgIpc) is 2.85. The Hall–Kier alpha value is -3.38. The summed E-state index contributed by atoms with van der Waals surface area (Å²) in [6.07, 6.45) is 2.20. The molecule has 1 N–H and O–H groups in total. The lowest BCUT2D eigenvalue weighted by Crippen LogP contribution is -2.23. The van der Waals surface area contributed by atoms with Crippen LogP contribution in [0, 0.1) is 12.7 Å². The number of carbonyl (C=O) groups is 2. The van der Waals surface area contributed by atoms with Gasteiger partial charge in [0.15, 0.2) is 6.29 Å². The van der Waals surface area contributed by atoms with Gasteiger partial charge in [-0.05, 0) is 78.9 Å². The Balaban J connectivity index is 1.86. The number of hydrogen-bond donors (Lipinski definition) is 1. The molecular weight excluding hydrogens is 469 g/mol. The van der Waals surface area contributed by atoms with E-state index in [-0.39, 0.29) is 18.0 Å². The molecule has 3 rings (SSSR count). The lowest BCUT2D eigenvalue weighted by molar-refractivity contribution is 0.0950. The molecule has 0 saturated heterocycles. The predicted octanol–water partition coefficient (Wildman–Crippen LogP) is 6.77. The van der Waals surface area contributed by atoms with Crippen LogP contribution in [-0.4, -0.2) is 25.4 Å². The number of ether oxygens (including phenoxy) is 2. The van der Waals surface area contributed by atoms with Gasteiger partial charge in [-0.3, -0.25) is 9.59 Å². The molecule has 3 aromatic carbocycles. The second-order valence-corrected chi connectivity index (χ2v) is 8.56. The van der Waals surface area contributed by atoms with E-state index in [1.54, 1.807) is 25.1 Å². The Morgan fingerprint density at radius 1 is 1.03 bits per heavy atom. The second kappa shape index (κ2) is 12.4. The summed E-state index contributed by atoms with van der Waals surface area (Å²) in [6.45, 7) is 7.09. The first-order chi connectivity index (χ1) is 16.9. The first-order valence-electron chi connectivity index (χ1n) is 11.6. The predicted molar refractivity (Wildman–Crippen MR) is 136 cm³/mol. The third-order valence-electron chi connectivity index (χ3n) is 5.40. The van der Waals surface area contributed by atoms with Gasteiger partial charge in [0.05, 0.1) is 29.4 Å². The van der Waals surface area contributed by atoms with E-state index in [1.807, 2.05) is 32.0 Å². The molecule has 5 nitrogen and oxygen atoms in total. The summed E-state index contributed by atoms with van der Waals surface area (Å²) < 4.78 is 25.4. The van der Waals surface area contributed by atoms with Gasteiger partial charge in [-0.2, -0.15) is 0 Å². The molecule has 0 atom stereocenters. The lowest BCUT2D eigenvalue weighted by atomic mass is 9.96. The molecule has 0 spiro atoms. The fraction of sp³-hybridized carbons (Fsp3) is 0.286. The summed E-state index contributed by atoms with van der Waals surface area (Å²) in [6, 6.07) is 13.4. The summed E-state index contributed by atoms with van der Waals surface area (Å²) in [5.41, 5.74) is 3.30. The molecule has 0 aliphatic heterocycles. The molecule has 0 aliphatic carbocycles. The SMILES string of the molecule is CCCOc1ccc(C(=O)NCc2cc(-c3cc(C=O)c(F)cc3C)ccc2OCCC)c(Cl)c1. The molecule has 7 heteroatoms. The molecule has 1 amide bonds. The summed E-state index contributed by atoms with van der Waals surface area (Å²) in [5, 5.41) is 3.20. The van der Waals surface area contributed by atoms with Gasteiger partial charge < -0.3 is 14.8 Å². The van der Waals surface area contributed by atoms with E-state index >= 15 is 0 Å². The van der Waals surface area contributed by atoms with E-state index in [0.29, 0.717) is 47.1 Å². The molecule has 184 valence electrons. The molecule has 0 radical (unpaired) electrons. The van der Waals surface area contributed by atoms with Crippen molar-refractivity contribution in [2.24, 2.45) is 0 Å². The number of carbonyl (C=O) groups excluding carboxylic acids is 2. The molecule has 0 bridgehead atoms. The topological polar surface area (TPSA) is 64.6 Å². The van der Waals surface area contributed by atoms with Crippen molar-refractivity contribution in [1.82, 2.24) is 5.32 Å². The van der Waals surface area contributed by atoms with Crippen molar-refractivity contribution in [3.8, 4) is 22.6 Å². The smallest absolute Gasteiger partial charge is 0.253 e. The highest BCUT2D eigenvalue weighted by Crippen LogP contribution is 2.31. The van der Waals surface area contributed by atoms with E-state index < -0.39 is 5.82 Å². The van der Waals surface area contributed by atoms with Gasteiger partial charge in [-0.1, -0.05) is 31.5 Å². The van der Waals surface area contributed by atoms with Crippen LogP contribution >= 0.6 is 11.6 Å². The zero-order chi connectivity index (χ0) is 25.4. The summed E-state index contributed by atoms with van der Waals surface area (Å²) >= 11 is 6.32. The highest BCUT2D eigenvalue weighted by molar-refractivity contribution is 6.34. The van der Waals surface area contributed by atoms with Crippen LogP contribution in [0.4, 0.5) is 4.39 Å². The van der Waals surface area contributed by atoms with Gasteiger partial charge in [0.25, 0.3) is 5.91 Å². The van der Waals surface area contributed by atoms with Gasteiger partial charge in [0, 0.05) is 12.1 Å². The fourth-order valence-corrected chi connectivity index (χ4v) is 3.85. The van der Waals surface area contributed by atoms with Crippen LogP contribution in [0.1, 0.15) is 58.5 Å². The minimum absolute atomic E-state index is 0.00670. The highest BCUT2D eigenvalue weighted by atomic mass is 35.5. The molecule has 0 aromatic heterocycles. The van der Waals surface area contributed by atoms with Crippen LogP contribution in [0.5, 0.6) is 11.5 Å². The summed E-state index contributed by atoms with van der Waals surface area (Å²) in [4.78, 5) is 24.1. The van der Waals surface area contributed by atoms with Crippen molar-refractivity contribution in [2.75, 3.05) is 13.2 Å². The van der Waals surface area contributed by atoms with Crippen molar-refractivity contribution in [3.63, 3.8) is 0 Å². The van der Waals surface area contributed by atoms with Gasteiger partial charge in [-0.15, -0.1) is 0 Å². The number of amides is 1. The number of hydrogen-bond acceptors (Lipinski definition) is 4. The minimum atomic E-state index is -0.556. The van der Waals surface area contributed by atoms with E-state index in [2.05, 4.69) is 5.32 Å². The van der Waals surface area contributed by atoms with Crippen molar-refractivity contribution >= 4 is 23.8 Å². The van der Waals surface area contributed by atoms with Crippen molar-refractivity contribution in [3.05, 3.63) is 81.6 Å². The van der Waals surface area contributed by atoms with E-state index in [4.69, 9.17) is 21.1 Å². The van der Waals surface area contributed by atoms with E-state index in [1.165, 1.54) is 12.1 Å². The minimum Gasteiger partial charge on any atom is -0.494 e. The van der Waals surface area contributed by atoms with Gasteiger partial charge in [0.1, 0.15) is 17.3 Å². The number of halogens is 2. The van der Waals surface area contributed by atoms with Gasteiger partial charge in [0.2, 0.25) is 0 Å². The summed E-state index contributed by atoms with van der Waals surface area (Å²) in [7, 11) is 0. The molecule has 3 aromatic rings. The average molecular weight is 498 g/mol. The Morgan fingerprint density at radius 2 is 1.77 bits per heavy atom. The molecular formula is C28H29ClFNO4. The van der Waals surface area contributed by atoms with E-state index in [0.717, 1.165) is 29.5 Å². The maximum Gasteiger partial charge on any atom is 0.253 e. The van der Waals surface area contributed by atoms with Crippen LogP contribution in [0.15, 0.2) is 48.5 Å². The third kappa shape index (κ3) is 6.61. The molecule has 0 aliphatic rings. The Kier molecular flexibility index (Phi) is 9.26. The third-order valence-corrected chi connectivity index (χ3v) is 5.71. The van der Waals surface area contributed by atoms with Crippen molar-refractivity contribution in [2.45, 2.75) is 40.2 Å². The van der Waals surface area contributed by atoms with Crippen molar-refractivity contribution in [1.29, 1.82) is 0 Å². The number of aryl methyl sites for hydroxylation is 1. The first kappa shape index (κ1) is 26.2. The zero-order valence-electron chi connectivity index (χ0n) is 20.1. The Morgan fingerprint density at radius 3 is 2.46 bits per heavy atom. The molecule has 0 unspecified atom stereocenters. The lowest BCUT2D eigenvalue weighted by Gasteiger charge is -2.16.